The molecule has 16 heteroatoms. The van der Waals surface area contributed by atoms with Gasteiger partial charge in [-0.2, -0.15) is 0 Å². The molecule has 16 nitrogen and oxygen atoms in total. The summed E-state index contributed by atoms with van der Waals surface area (Å²) < 4.78 is 36.1. The van der Waals surface area contributed by atoms with Crippen LogP contribution in [0, 0.1) is 50.2 Å². The zero-order valence-electron chi connectivity index (χ0n) is 42.5. The minimum absolute atomic E-state index is 0.0225. The molecule has 2 heterocycles. The molecule has 0 amide bonds. The van der Waals surface area contributed by atoms with Gasteiger partial charge in [0.2, 0.25) is 0 Å². The summed E-state index contributed by atoms with van der Waals surface area (Å²) in [6, 6.07) is 17.6. The van der Waals surface area contributed by atoms with Crippen LogP contribution in [0.1, 0.15) is 117 Å². The van der Waals surface area contributed by atoms with Gasteiger partial charge in [-0.25, -0.2) is 9.59 Å². The number of ketones is 1. The number of carboxylic acid groups (broad SMARTS) is 1. The van der Waals surface area contributed by atoms with Gasteiger partial charge in [0.1, 0.15) is 49.8 Å². The number of carboxylic acids is 1. The summed E-state index contributed by atoms with van der Waals surface area (Å²) in [6.45, 7) is 14.8. The molecule has 6 N–H and O–H groups in total. The first kappa shape index (κ1) is 52.8. The smallest absolute Gasteiger partial charge is 0.338 e. The summed E-state index contributed by atoms with van der Waals surface area (Å²) in [5.74, 6) is -3.22. The Morgan fingerprint density at radius 2 is 1.19 bits per heavy atom. The molecule has 2 aromatic carbocycles. The molecule has 0 unspecified atom stereocenters. The zero-order chi connectivity index (χ0) is 51.9. The van der Waals surface area contributed by atoms with Gasteiger partial charge < -0.3 is 59.1 Å². The monoisotopic (exact) mass is 1000 g/mol. The molecule has 394 valence electrons. The number of hydrogen-bond donors (Lipinski definition) is 6. The number of fused-ring (bicyclic) bond motifs is 7. The number of ether oxygens (including phenoxy) is 6. The molecule has 19 atom stereocenters. The Morgan fingerprint density at radius 3 is 1.78 bits per heavy atom. The molecule has 7 aliphatic rings. The third-order valence-corrected chi connectivity index (χ3v) is 19.6. The van der Waals surface area contributed by atoms with Crippen molar-refractivity contribution in [1.82, 2.24) is 0 Å². The summed E-state index contributed by atoms with van der Waals surface area (Å²) >= 11 is 0. The topological polar surface area (TPSA) is 245 Å². The van der Waals surface area contributed by atoms with Crippen LogP contribution < -0.4 is 0 Å². The van der Waals surface area contributed by atoms with Gasteiger partial charge in [0.05, 0.1) is 11.5 Å². The molecule has 2 aliphatic heterocycles. The van der Waals surface area contributed by atoms with Crippen molar-refractivity contribution in [2.24, 2.45) is 50.2 Å². The Hall–Kier alpha value is -4.10. The lowest BCUT2D eigenvalue weighted by Crippen LogP contribution is -2.68. The number of benzene rings is 2. The predicted molar refractivity (Wildman–Crippen MR) is 257 cm³/mol. The molecule has 5 aliphatic carbocycles. The number of carbonyl (C=O) groups is 4. The van der Waals surface area contributed by atoms with Gasteiger partial charge in [-0.15, -0.1) is 0 Å². The van der Waals surface area contributed by atoms with E-state index in [4.69, 9.17) is 28.4 Å². The second kappa shape index (κ2) is 19.2. The Labute approximate surface area is 421 Å². The maximum atomic E-state index is 15.1. The maximum absolute atomic E-state index is 15.1. The lowest BCUT2D eigenvalue weighted by molar-refractivity contribution is -0.372. The van der Waals surface area contributed by atoms with Gasteiger partial charge in [0, 0.05) is 5.92 Å². The lowest BCUT2D eigenvalue weighted by atomic mass is 9.33. The van der Waals surface area contributed by atoms with Crippen molar-refractivity contribution in [2.45, 2.75) is 187 Å². The molecule has 2 saturated heterocycles. The van der Waals surface area contributed by atoms with Crippen LogP contribution >= 0.6 is 0 Å². The third kappa shape index (κ3) is 8.77. The highest BCUT2D eigenvalue weighted by atomic mass is 16.8. The fourth-order valence-electron chi connectivity index (χ4n) is 15.0. The fraction of sp³-hybridized carbons (Fsp3) is 0.679. The molecule has 72 heavy (non-hydrogen) atoms. The van der Waals surface area contributed by atoms with Gasteiger partial charge in [-0.3, -0.25) is 9.59 Å². The number of allylic oxidation sites excluding steroid dienone is 2. The van der Waals surface area contributed by atoms with Crippen LogP contribution in [0.3, 0.4) is 0 Å². The number of aliphatic hydroxyl groups excluding tert-OH is 5. The number of esters is 2. The van der Waals surface area contributed by atoms with E-state index in [1.807, 2.05) is 19.1 Å². The van der Waals surface area contributed by atoms with E-state index in [0.717, 1.165) is 37.7 Å². The van der Waals surface area contributed by atoms with E-state index in [9.17, 15) is 45.0 Å². The molecule has 0 spiro atoms. The fourth-order valence-corrected chi connectivity index (χ4v) is 15.0. The number of carbonyl (C=O) groups excluding carboxylic acids is 3. The van der Waals surface area contributed by atoms with Crippen molar-refractivity contribution in [2.75, 3.05) is 0 Å². The molecular formula is C56H74O16. The van der Waals surface area contributed by atoms with E-state index in [1.165, 1.54) is 0 Å². The lowest BCUT2D eigenvalue weighted by Gasteiger charge is -2.70. The highest BCUT2D eigenvalue weighted by Crippen LogP contribution is 2.75. The van der Waals surface area contributed by atoms with Gasteiger partial charge >= 0.3 is 17.9 Å². The number of aliphatic hydroxyl groups is 5. The molecule has 0 bridgehead atoms. The van der Waals surface area contributed by atoms with E-state index in [1.54, 1.807) is 54.6 Å². The summed E-state index contributed by atoms with van der Waals surface area (Å²) in [5.41, 5.74) is -0.507. The van der Waals surface area contributed by atoms with E-state index in [-0.39, 0.29) is 47.6 Å². The van der Waals surface area contributed by atoms with Gasteiger partial charge in [-0.05, 0) is 121 Å². The SMILES string of the molecule is CC1(C)[C@@H](O[C@@H]2O[C@H](C(=O)OCc3ccccc3)[C@@H](O)[C@H](O)[C@H]2O[C@@H]2O[C@H](C(=O)OCc3ccccc3)[C@@H](O)[C@H](O)[C@H]2O)CC[C@]2(C)[C@H]3C(=O)C=C4[C@@H]5C[C@@](C)(C(=O)O)CC[C@]5(C)CC[C@@]4(C)[C@]3(C)CC[C@@H]12. The van der Waals surface area contributed by atoms with Crippen LogP contribution in [-0.4, -0.2) is 122 Å². The Bertz CT molecular complexity index is 2390. The summed E-state index contributed by atoms with van der Waals surface area (Å²) in [7, 11) is 0. The van der Waals surface area contributed by atoms with Gasteiger partial charge in [0.25, 0.3) is 0 Å². The first-order valence-corrected chi connectivity index (χ1v) is 25.8. The van der Waals surface area contributed by atoms with Gasteiger partial charge in [0.15, 0.2) is 30.6 Å². The average Bonchev–Trinajstić information content (AvgIpc) is 3.34. The van der Waals surface area contributed by atoms with Crippen LogP contribution in [0.4, 0.5) is 0 Å². The van der Waals surface area contributed by atoms with E-state index in [2.05, 4.69) is 41.5 Å². The second-order valence-corrected chi connectivity index (χ2v) is 24.1. The Kier molecular flexibility index (Phi) is 14.1. The first-order valence-electron chi connectivity index (χ1n) is 25.8. The quantitative estimate of drug-likeness (QED) is 0.119. The van der Waals surface area contributed by atoms with Crippen molar-refractivity contribution in [3.63, 3.8) is 0 Å². The first-order chi connectivity index (χ1) is 33.9. The number of rotatable bonds is 11. The minimum atomic E-state index is -1.99. The van der Waals surface area contributed by atoms with Crippen molar-refractivity contribution >= 4 is 23.7 Å². The van der Waals surface area contributed by atoms with Crippen LogP contribution in [0.5, 0.6) is 0 Å². The average molecular weight is 1000 g/mol. The Morgan fingerprint density at radius 1 is 0.639 bits per heavy atom. The molecule has 9 rings (SSSR count). The standard InChI is InChI=1S/C56H74O16/c1-51(2)35-18-21-56(7)45(34(57)26-32-33-27-53(4,50(65)66)23-22-52(33,3)24-25-55(32,56)6)54(35,5)20-19-36(51)69-49-44(40(61)39(60)43(71-49)47(64)68-29-31-16-12-9-13-17-31)72-48-41(62)37(58)38(59)42(70-48)46(63)67-28-30-14-10-8-11-15-30/h8-17,26,33,35-45,48-49,58-62H,18-25,27-29H2,1-7H3,(H,65,66)/t33-,35-,36-,37-,38-,39-,40-,41+,42-,43-,44+,45+,48-,49+,52+,53-,54-,55+,56+/m0/s1. The molecular weight excluding hydrogens is 929 g/mol. The highest BCUT2D eigenvalue weighted by molar-refractivity contribution is 5.95. The van der Waals surface area contributed by atoms with E-state index < -0.39 is 107 Å². The predicted octanol–water partition coefficient (Wildman–Crippen LogP) is 5.56. The number of hydrogen-bond acceptors (Lipinski definition) is 15. The normalized spacial score (nSPS) is 44.4. The maximum Gasteiger partial charge on any atom is 0.338 e. The summed E-state index contributed by atoms with van der Waals surface area (Å²) in [5, 5.41) is 67.0. The van der Waals surface area contributed by atoms with Crippen molar-refractivity contribution < 1.29 is 78.2 Å². The summed E-state index contributed by atoms with van der Waals surface area (Å²) in [4.78, 5) is 54.9. The number of aliphatic carboxylic acids is 1. The third-order valence-electron chi connectivity index (χ3n) is 19.6. The van der Waals surface area contributed by atoms with Crippen molar-refractivity contribution in [3.05, 3.63) is 83.4 Å². The van der Waals surface area contributed by atoms with E-state index in [0.29, 0.717) is 36.8 Å². The minimum Gasteiger partial charge on any atom is -0.481 e. The van der Waals surface area contributed by atoms with Gasteiger partial charge in [-0.1, -0.05) is 108 Å². The van der Waals surface area contributed by atoms with E-state index >= 15 is 4.79 Å². The second-order valence-electron chi connectivity index (χ2n) is 24.1. The van der Waals surface area contributed by atoms with Crippen LogP contribution in [0.15, 0.2) is 72.3 Å². The molecule has 2 aromatic rings. The summed E-state index contributed by atoms with van der Waals surface area (Å²) in [6.07, 6.45) is -11.3. The van der Waals surface area contributed by atoms with Crippen LogP contribution in [0.25, 0.3) is 0 Å². The van der Waals surface area contributed by atoms with Crippen molar-refractivity contribution in [3.8, 4) is 0 Å². The molecule has 6 fully saturated rings. The zero-order valence-corrected chi connectivity index (χ0v) is 42.5. The van der Waals surface area contributed by atoms with Crippen LogP contribution in [0.2, 0.25) is 0 Å². The van der Waals surface area contributed by atoms with Crippen LogP contribution in [-0.2, 0) is 60.8 Å². The van der Waals surface area contributed by atoms with Crippen molar-refractivity contribution in [1.29, 1.82) is 0 Å². The molecule has 0 aromatic heterocycles. The Balaban J connectivity index is 0.985. The largest absolute Gasteiger partial charge is 0.481 e. The molecule has 4 saturated carbocycles. The molecule has 0 radical (unpaired) electrons. The highest BCUT2D eigenvalue weighted by Gasteiger charge is 2.71.